The minimum absolute atomic E-state index is 0.0317. The SMILES string of the molecule is Cc1cc(Cl)ccc1NC(=O)c1ccc(C(=O)O)cn1. The number of anilines is 1. The number of aryl methyl sites for hydroxylation is 1. The van der Waals surface area contributed by atoms with Crippen LogP contribution in [0.4, 0.5) is 5.69 Å². The Bertz CT molecular complexity index is 669. The van der Waals surface area contributed by atoms with Crippen molar-refractivity contribution < 1.29 is 14.7 Å². The van der Waals surface area contributed by atoms with E-state index in [9.17, 15) is 9.59 Å². The summed E-state index contributed by atoms with van der Waals surface area (Å²) in [6.45, 7) is 1.82. The maximum atomic E-state index is 12.0. The number of carboxylic acid groups (broad SMARTS) is 1. The lowest BCUT2D eigenvalue weighted by molar-refractivity contribution is 0.0696. The molecule has 2 N–H and O–H groups in total. The van der Waals surface area contributed by atoms with Crippen LogP contribution in [0.25, 0.3) is 0 Å². The van der Waals surface area contributed by atoms with Gasteiger partial charge in [0.25, 0.3) is 5.91 Å². The van der Waals surface area contributed by atoms with E-state index in [4.69, 9.17) is 16.7 Å². The molecule has 0 fully saturated rings. The first-order valence-corrected chi connectivity index (χ1v) is 6.12. The highest BCUT2D eigenvalue weighted by atomic mass is 35.5. The number of nitrogens with zero attached hydrogens (tertiary/aromatic N) is 1. The molecule has 6 heteroatoms. The summed E-state index contributed by atoms with van der Waals surface area (Å²) in [6.07, 6.45) is 1.14. The van der Waals surface area contributed by atoms with E-state index >= 15 is 0 Å². The number of aromatic carboxylic acids is 1. The van der Waals surface area contributed by atoms with E-state index in [-0.39, 0.29) is 11.3 Å². The molecule has 0 saturated carbocycles. The van der Waals surface area contributed by atoms with Crippen LogP contribution >= 0.6 is 11.6 Å². The smallest absolute Gasteiger partial charge is 0.337 e. The van der Waals surface area contributed by atoms with Crippen molar-refractivity contribution in [2.24, 2.45) is 0 Å². The third-order valence-corrected chi connectivity index (χ3v) is 2.91. The number of carboxylic acids is 1. The van der Waals surface area contributed by atoms with Crippen molar-refractivity contribution in [2.45, 2.75) is 6.92 Å². The second kappa shape index (κ2) is 5.71. The normalized spacial score (nSPS) is 10.1. The van der Waals surface area contributed by atoms with Gasteiger partial charge in [-0.2, -0.15) is 0 Å². The monoisotopic (exact) mass is 290 g/mol. The summed E-state index contributed by atoms with van der Waals surface area (Å²) in [7, 11) is 0. The molecule has 0 saturated heterocycles. The molecule has 2 aromatic rings. The van der Waals surface area contributed by atoms with Crippen molar-refractivity contribution in [3.8, 4) is 0 Å². The molecule has 1 aromatic heterocycles. The molecule has 0 unspecified atom stereocenters. The molecular formula is C14H11ClN2O3. The zero-order valence-corrected chi connectivity index (χ0v) is 11.3. The Morgan fingerprint density at radius 1 is 1.25 bits per heavy atom. The molecular weight excluding hydrogens is 280 g/mol. The number of nitrogens with one attached hydrogen (secondary N) is 1. The van der Waals surface area contributed by atoms with Crippen molar-refractivity contribution in [3.63, 3.8) is 0 Å². The number of rotatable bonds is 3. The van der Waals surface area contributed by atoms with Crippen LogP contribution in [-0.4, -0.2) is 22.0 Å². The lowest BCUT2D eigenvalue weighted by Crippen LogP contribution is -2.14. The van der Waals surface area contributed by atoms with Gasteiger partial charge >= 0.3 is 5.97 Å². The average molecular weight is 291 g/mol. The first-order valence-electron chi connectivity index (χ1n) is 5.74. The topological polar surface area (TPSA) is 79.3 Å². The minimum Gasteiger partial charge on any atom is -0.478 e. The number of hydrogen-bond donors (Lipinski definition) is 2. The van der Waals surface area contributed by atoms with Gasteiger partial charge in [-0.05, 0) is 42.8 Å². The van der Waals surface area contributed by atoms with Crippen LogP contribution in [0.1, 0.15) is 26.4 Å². The fourth-order valence-corrected chi connectivity index (χ4v) is 1.84. The van der Waals surface area contributed by atoms with Crippen molar-refractivity contribution in [2.75, 3.05) is 5.32 Å². The Morgan fingerprint density at radius 3 is 2.55 bits per heavy atom. The van der Waals surface area contributed by atoms with Gasteiger partial charge in [0.15, 0.2) is 0 Å². The fourth-order valence-electron chi connectivity index (χ4n) is 1.61. The highest BCUT2D eigenvalue weighted by Gasteiger charge is 2.11. The predicted molar refractivity (Wildman–Crippen MR) is 75.3 cm³/mol. The Labute approximate surface area is 120 Å². The second-order valence-electron chi connectivity index (χ2n) is 4.15. The first-order chi connectivity index (χ1) is 9.47. The number of halogens is 1. The number of carbonyl (C=O) groups is 2. The molecule has 1 aromatic carbocycles. The van der Waals surface area contributed by atoms with E-state index in [0.29, 0.717) is 10.7 Å². The van der Waals surface area contributed by atoms with Gasteiger partial charge in [0.1, 0.15) is 5.69 Å². The van der Waals surface area contributed by atoms with Crippen LogP contribution in [0.5, 0.6) is 0 Å². The van der Waals surface area contributed by atoms with Gasteiger partial charge in [-0.15, -0.1) is 0 Å². The number of hydrogen-bond acceptors (Lipinski definition) is 3. The number of benzene rings is 1. The molecule has 20 heavy (non-hydrogen) atoms. The molecule has 1 heterocycles. The number of pyridine rings is 1. The van der Waals surface area contributed by atoms with E-state index in [1.807, 2.05) is 6.92 Å². The molecule has 2 rings (SSSR count). The third-order valence-electron chi connectivity index (χ3n) is 2.68. The average Bonchev–Trinajstić information content (AvgIpc) is 2.42. The fraction of sp³-hybridized carbons (Fsp3) is 0.0714. The van der Waals surface area contributed by atoms with Gasteiger partial charge in [-0.25, -0.2) is 4.79 Å². The Kier molecular flexibility index (Phi) is 4.00. The summed E-state index contributed by atoms with van der Waals surface area (Å²) in [5, 5.41) is 12.0. The molecule has 102 valence electrons. The van der Waals surface area contributed by atoms with Gasteiger partial charge in [-0.3, -0.25) is 9.78 Å². The number of aromatic nitrogens is 1. The van der Waals surface area contributed by atoms with Crippen LogP contribution in [0.2, 0.25) is 5.02 Å². The Balaban J connectivity index is 2.17. The molecule has 0 atom stereocenters. The van der Waals surface area contributed by atoms with Crippen LogP contribution in [0, 0.1) is 6.92 Å². The number of carbonyl (C=O) groups excluding carboxylic acids is 1. The quantitative estimate of drug-likeness (QED) is 0.911. The number of amides is 1. The summed E-state index contributed by atoms with van der Waals surface area (Å²) in [5.74, 6) is -1.50. The van der Waals surface area contributed by atoms with Crippen LogP contribution < -0.4 is 5.32 Å². The van der Waals surface area contributed by atoms with Crippen molar-refractivity contribution in [1.82, 2.24) is 4.98 Å². The van der Waals surface area contributed by atoms with E-state index in [0.717, 1.165) is 11.8 Å². The third kappa shape index (κ3) is 3.13. The van der Waals surface area contributed by atoms with E-state index in [1.54, 1.807) is 18.2 Å². The van der Waals surface area contributed by atoms with Gasteiger partial charge in [0, 0.05) is 16.9 Å². The van der Waals surface area contributed by atoms with E-state index in [2.05, 4.69) is 10.3 Å². The molecule has 0 bridgehead atoms. The van der Waals surface area contributed by atoms with Gasteiger partial charge < -0.3 is 10.4 Å². The highest BCUT2D eigenvalue weighted by Crippen LogP contribution is 2.20. The summed E-state index contributed by atoms with van der Waals surface area (Å²) in [6, 6.07) is 7.80. The van der Waals surface area contributed by atoms with Crippen molar-refractivity contribution in [3.05, 3.63) is 58.4 Å². The van der Waals surface area contributed by atoms with Gasteiger partial charge in [0.05, 0.1) is 5.56 Å². The second-order valence-corrected chi connectivity index (χ2v) is 4.59. The first kappa shape index (κ1) is 14.0. The zero-order chi connectivity index (χ0) is 14.7. The Morgan fingerprint density at radius 2 is 2.00 bits per heavy atom. The van der Waals surface area contributed by atoms with E-state index < -0.39 is 11.9 Å². The molecule has 0 spiro atoms. The highest BCUT2D eigenvalue weighted by molar-refractivity contribution is 6.30. The molecule has 1 amide bonds. The van der Waals surface area contributed by atoms with Gasteiger partial charge in [0.2, 0.25) is 0 Å². The molecule has 0 radical (unpaired) electrons. The molecule has 0 aliphatic heterocycles. The maximum absolute atomic E-state index is 12.0. The Hall–Kier alpha value is -2.40. The summed E-state index contributed by atoms with van der Waals surface area (Å²) >= 11 is 5.84. The molecule has 5 nitrogen and oxygen atoms in total. The van der Waals surface area contributed by atoms with Crippen LogP contribution in [-0.2, 0) is 0 Å². The molecule has 0 aliphatic carbocycles. The standard InChI is InChI=1S/C14H11ClN2O3/c1-8-6-10(15)3-5-11(8)17-13(18)12-4-2-9(7-16-12)14(19)20/h2-7H,1H3,(H,17,18)(H,19,20). The largest absolute Gasteiger partial charge is 0.478 e. The lowest BCUT2D eigenvalue weighted by Gasteiger charge is -2.08. The van der Waals surface area contributed by atoms with Crippen LogP contribution in [0.15, 0.2) is 36.5 Å². The maximum Gasteiger partial charge on any atom is 0.337 e. The zero-order valence-electron chi connectivity index (χ0n) is 10.6. The van der Waals surface area contributed by atoms with Crippen molar-refractivity contribution in [1.29, 1.82) is 0 Å². The van der Waals surface area contributed by atoms with Crippen molar-refractivity contribution >= 4 is 29.2 Å². The minimum atomic E-state index is -1.09. The summed E-state index contributed by atoms with van der Waals surface area (Å²) in [4.78, 5) is 26.5. The predicted octanol–water partition coefficient (Wildman–Crippen LogP) is 2.99. The van der Waals surface area contributed by atoms with Crippen LogP contribution in [0.3, 0.4) is 0 Å². The summed E-state index contributed by atoms with van der Waals surface area (Å²) < 4.78 is 0. The lowest BCUT2D eigenvalue weighted by atomic mass is 10.2. The van der Waals surface area contributed by atoms with E-state index in [1.165, 1.54) is 12.1 Å². The molecule has 0 aliphatic rings. The summed E-state index contributed by atoms with van der Waals surface area (Å²) in [5.41, 5.74) is 1.63. The van der Waals surface area contributed by atoms with Gasteiger partial charge in [-0.1, -0.05) is 11.6 Å².